The molecule has 0 aliphatic rings. The number of amides is 1. The second-order valence-corrected chi connectivity index (χ2v) is 4.00. The summed E-state index contributed by atoms with van der Waals surface area (Å²) in [6, 6.07) is 2.07. The smallest absolute Gasteiger partial charge is 0.326 e. The molecule has 0 spiro atoms. The highest BCUT2D eigenvalue weighted by Gasteiger charge is 2.23. The highest BCUT2D eigenvalue weighted by molar-refractivity contribution is 5.87. The molecular weight excluding hydrogens is 252 g/mol. The number of nitrogens with one attached hydrogen (secondary N) is 1. The Balaban J connectivity index is 2.65. The molecule has 102 valence electrons. The molecule has 1 amide bonds. The van der Waals surface area contributed by atoms with Crippen molar-refractivity contribution in [2.45, 2.75) is 25.8 Å². The van der Waals surface area contributed by atoms with Crippen LogP contribution in [0.3, 0.4) is 0 Å². The van der Waals surface area contributed by atoms with Crippen LogP contribution in [0.4, 0.5) is 0 Å². The molecule has 19 heavy (non-hydrogen) atoms. The lowest BCUT2D eigenvalue weighted by atomic mass is 10.1. The van der Waals surface area contributed by atoms with E-state index in [1.807, 2.05) is 0 Å². The summed E-state index contributed by atoms with van der Waals surface area (Å²) in [6.45, 7) is 1.78. The van der Waals surface area contributed by atoms with Gasteiger partial charge in [-0.3, -0.25) is 14.6 Å². The van der Waals surface area contributed by atoms with Crippen LogP contribution in [0, 0.1) is 6.92 Å². The molecule has 0 unspecified atom stereocenters. The maximum absolute atomic E-state index is 11.7. The number of carbonyl (C=O) groups excluding carboxylic acids is 1. The van der Waals surface area contributed by atoms with Gasteiger partial charge in [0, 0.05) is 6.20 Å². The van der Waals surface area contributed by atoms with E-state index in [-0.39, 0.29) is 6.42 Å². The van der Waals surface area contributed by atoms with Crippen LogP contribution in [0.15, 0.2) is 18.3 Å². The van der Waals surface area contributed by atoms with Gasteiger partial charge in [-0.2, -0.15) is 0 Å². The van der Waals surface area contributed by atoms with Crippen LogP contribution >= 0.6 is 0 Å². The molecule has 0 fully saturated rings. The van der Waals surface area contributed by atoms with Crippen molar-refractivity contribution in [2.24, 2.45) is 0 Å². The Morgan fingerprint density at radius 3 is 2.58 bits per heavy atom. The first-order valence-corrected chi connectivity index (χ1v) is 5.54. The molecule has 0 radical (unpaired) electrons. The lowest BCUT2D eigenvalue weighted by Gasteiger charge is -2.12. The number of aliphatic carboxylic acids is 2. The average Bonchev–Trinajstić information content (AvgIpc) is 2.30. The maximum atomic E-state index is 11.7. The summed E-state index contributed by atoms with van der Waals surface area (Å²) in [5, 5.41) is 19.5. The monoisotopic (exact) mass is 266 g/mol. The second kappa shape index (κ2) is 6.48. The van der Waals surface area contributed by atoms with Crippen LogP contribution in [0.25, 0.3) is 0 Å². The normalized spacial score (nSPS) is 11.6. The van der Waals surface area contributed by atoms with Crippen molar-refractivity contribution in [3.8, 4) is 0 Å². The molecule has 0 aromatic carbocycles. The van der Waals surface area contributed by atoms with E-state index in [1.165, 1.54) is 6.20 Å². The third-order valence-electron chi connectivity index (χ3n) is 2.46. The minimum atomic E-state index is -1.44. The van der Waals surface area contributed by atoms with Crippen molar-refractivity contribution < 1.29 is 24.6 Å². The van der Waals surface area contributed by atoms with Crippen molar-refractivity contribution in [3.63, 3.8) is 0 Å². The van der Waals surface area contributed by atoms with Crippen LogP contribution < -0.4 is 5.32 Å². The Morgan fingerprint density at radius 1 is 1.37 bits per heavy atom. The van der Waals surface area contributed by atoms with Gasteiger partial charge >= 0.3 is 11.9 Å². The first-order chi connectivity index (χ1) is 8.90. The van der Waals surface area contributed by atoms with Gasteiger partial charge in [-0.1, -0.05) is 6.07 Å². The van der Waals surface area contributed by atoms with Gasteiger partial charge in [-0.25, -0.2) is 4.79 Å². The summed E-state index contributed by atoms with van der Waals surface area (Å²) in [7, 11) is 0. The molecule has 1 rings (SSSR count). The SMILES string of the molecule is Cc1cccnc1CC(=O)N[C@H](CC(=O)O)C(=O)O. The number of aryl methyl sites for hydroxylation is 1. The summed E-state index contributed by atoms with van der Waals surface area (Å²) in [5.41, 5.74) is 1.34. The van der Waals surface area contributed by atoms with E-state index in [9.17, 15) is 14.4 Å². The van der Waals surface area contributed by atoms with Crippen molar-refractivity contribution in [2.75, 3.05) is 0 Å². The Kier molecular flexibility index (Phi) is 4.99. The summed E-state index contributed by atoms with van der Waals surface area (Å²) < 4.78 is 0. The fourth-order valence-corrected chi connectivity index (χ4v) is 1.48. The molecule has 1 atom stereocenters. The minimum absolute atomic E-state index is 0.0872. The number of nitrogens with zero attached hydrogens (tertiary/aromatic N) is 1. The number of hydrogen-bond donors (Lipinski definition) is 3. The Bertz CT molecular complexity index is 501. The van der Waals surface area contributed by atoms with Crippen LogP contribution in [0.1, 0.15) is 17.7 Å². The molecule has 0 aliphatic heterocycles. The predicted octanol–water partition coefficient (Wildman–Crippen LogP) is -0.0234. The Labute approximate surface area is 109 Å². The van der Waals surface area contributed by atoms with E-state index in [0.717, 1.165) is 5.56 Å². The zero-order chi connectivity index (χ0) is 14.4. The Hall–Kier alpha value is -2.44. The Morgan fingerprint density at radius 2 is 2.05 bits per heavy atom. The van der Waals surface area contributed by atoms with Crippen LogP contribution in [-0.2, 0) is 20.8 Å². The van der Waals surface area contributed by atoms with Crippen molar-refractivity contribution in [1.82, 2.24) is 10.3 Å². The quantitative estimate of drug-likeness (QED) is 0.666. The van der Waals surface area contributed by atoms with E-state index in [4.69, 9.17) is 10.2 Å². The van der Waals surface area contributed by atoms with Crippen molar-refractivity contribution in [3.05, 3.63) is 29.6 Å². The number of hydrogen-bond acceptors (Lipinski definition) is 4. The first-order valence-electron chi connectivity index (χ1n) is 5.54. The predicted molar refractivity (Wildman–Crippen MR) is 64.5 cm³/mol. The summed E-state index contributed by atoms with van der Waals surface area (Å²) >= 11 is 0. The van der Waals surface area contributed by atoms with Crippen molar-refractivity contribution >= 4 is 17.8 Å². The van der Waals surface area contributed by atoms with Gasteiger partial charge in [0.1, 0.15) is 6.04 Å². The fraction of sp³-hybridized carbons (Fsp3) is 0.333. The van der Waals surface area contributed by atoms with Gasteiger partial charge in [-0.15, -0.1) is 0 Å². The van der Waals surface area contributed by atoms with E-state index in [2.05, 4.69) is 10.3 Å². The number of rotatable bonds is 6. The lowest BCUT2D eigenvalue weighted by Crippen LogP contribution is -2.43. The van der Waals surface area contributed by atoms with Gasteiger partial charge in [0.15, 0.2) is 0 Å². The summed E-state index contributed by atoms with van der Waals surface area (Å²) in [4.78, 5) is 36.9. The van der Waals surface area contributed by atoms with E-state index >= 15 is 0 Å². The summed E-state index contributed by atoms with van der Waals surface area (Å²) in [6.07, 6.45) is 0.778. The highest BCUT2D eigenvalue weighted by Crippen LogP contribution is 2.04. The third kappa shape index (κ3) is 4.74. The largest absolute Gasteiger partial charge is 0.481 e. The van der Waals surface area contributed by atoms with Gasteiger partial charge in [0.05, 0.1) is 18.5 Å². The molecule has 1 heterocycles. The van der Waals surface area contributed by atoms with E-state index < -0.39 is 30.3 Å². The third-order valence-corrected chi connectivity index (χ3v) is 2.46. The van der Waals surface area contributed by atoms with Gasteiger partial charge in [0.25, 0.3) is 0 Å². The lowest BCUT2D eigenvalue weighted by molar-refractivity contribution is -0.147. The number of carboxylic acids is 2. The molecule has 1 aromatic heterocycles. The minimum Gasteiger partial charge on any atom is -0.481 e. The first kappa shape index (κ1) is 14.6. The average molecular weight is 266 g/mol. The van der Waals surface area contributed by atoms with Gasteiger partial charge in [0.2, 0.25) is 5.91 Å². The summed E-state index contributed by atoms with van der Waals surface area (Å²) in [5.74, 6) is -3.24. The topological polar surface area (TPSA) is 117 Å². The number of carboxylic acid groups (broad SMARTS) is 2. The molecule has 0 aliphatic carbocycles. The molecule has 7 heteroatoms. The standard InChI is InChI=1S/C12H14N2O5/c1-7-3-2-4-13-8(7)5-10(15)14-9(12(18)19)6-11(16)17/h2-4,9H,5-6H2,1H3,(H,14,15)(H,16,17)(H,18,19)/t9-/m1/s1. The zero-order valence-electron chi connectivity index (χ0n) is 10.3. The number of pyridine rings is 1. The molecule has 0 bridgehead atoms. The number of aromatic nitrogens is 1. The fourth-order valence-electron chi connectivity index (χ4n) is 1.48. The van der Waals surface area contributed by atoms with Crippen molar-refractivity contribution in [1.29, 1.82) is 0 Å². The molecular formula is C12H14N2O5. The van der Waals surface area contributed by atoms with Crippen LogP contribution in [-0.4, -0.2) is 39.1 Å². The number of carbonyl (C=O) groups is 3. The van der Waals surface area contributed by atoms with Crippen LogP contribution in [0.2, 0.25) is 0 Å². The van der Waals surface area contributed by atoms with Gasteiger partial charge in [-0.05, 0) is 18.6 Å². The molecule has 3 N–H and O–H groups in total. The maximum Gasteiger partial charge on any atom is 0.326 e. The molecule has 7 nitrogen and oxygen atoms in total. The zero-order valence-corrected chi connectivity index (χ0v) is 10.3. The van der Waals surface area contributed by atoms with E-state index in [0.29, 0.717) is 5.69 Å². The molecule has 0 saturated heterocycles. The molecule has 0 saturated carbocycles. The van der Waals surface area contributed by atoms with Gasteiger partial charge < -0.3 is 15.5 Å². The molecule has 1 aromatic rings. The highest BCUT2D eigenvalue weighted by atomic mass is 16.4. The second-order valence-electron chi connectivity index (χ2n) is 4.00. The van der Waals surface area contributed by atoms with E-state index in [1.54, 1.807) is 19.1 Å². The van der Waals surface area contributed by atoms with Crippen LogP contribution in [0.5, 0.6) is 0 Å².